The van der Waals surface area contributed by atoms with Gasteiger partial charge in [-0.1, -0.05) is 30.4 Å². The van der Waals surface area contributed by atoms with Crippen LogP contribution in [0.15, 0.2) is 74.0 Å². The van der Waals surface area contributed by atoms with E-state index < -0.39 is 15.6 Å². The summed E-state index contributed by atoms with van der Waals surface area (Å²) in [6.45, 7) is 12.3. The summed E-state index contributed by atoms with van der Waals surface area (Å²) in [6.07, 6.45) is 2.54. The van der Waals surface area contributed by atoms with Gasteiger partial charge in [-0.2, -0.15) is 4.31 Å². The molecule has 3 atom stereocenters. The molecule has 0 aromatic heterocycles. The van der Waals surface area contributed by atoms with Crippen molar-refractivity contribution < 1.29 is 17.9 Å². The van der Waals surface area contributed by atoms with Gasteiger partial charge in [-0.25, -0.2) is 13.2 Å². The zero-order chi connectivity index (χ0) is 26.9. The fourth-order valence-corrected chi connectivity index (χ4v) is 7.66. The van der Waals surface area contributed by atoms with E-state index in [1.807, 2.05) is 44.7 Å². The second-order valence-corrected chi connectivity index (χ2v) is 14.7. The SMILES string of the molecule is C=C1CN(S(=O)(=O)c2ccc(C)cc2)C/C1=C/[C@@H]1CC2c3cc(Br)c(Br)cc3C1N2C(=O)OC(C)(C)C. The number of amides is 1. The van der Waals surface area contributed by atoms with Crippen molar-refractivity contribution in [2.45, 2.75) is 56.7 Å². The number of benzene rings is 2. The molecule has 0 saturated carbocycles. The van der Waals surface area contributed by atoms with Crippen molar-refractivity contribution in [3.8, 4) is 0 Å². The molecule has 5 rings (SSSR count). The Morgan fingerprint density at radius 2 is 1.70 bits per heavy atom. The van der Waals surface area contributed by atoms with Crippen molar-refractivity contribution in [2.24, 2.45) is 5.92 Å². The van der Waals surface area contributed by atoms with Crippen LogP contribution in [0, 0.1) is 12.8 Å². The van der Waals surface area contributed by atoms with E-state index in [1.165, 1.54) is 4.31 Å². The maximum atomic E-state index is 13.3. The third-order valence-electron chi connectivity index (χ3n) is 7.19. The minimum absolute atomic E-state index is 0.0203. The molecule has 2 fully saturated rings. The molecule has 2 unspecified atom stereocenters. The number of carbonyl (C=O) groups is 1. The van der Waals surface area contributed by atoms with Crippen molar-refractivity contribution in [1.82, 2.24) is 9.21 Å². The molecule has 2 saturated heterocycles. The third kappa shape index (κ3) is 4.84. The Morgan fingerprint density at radius 1 is 1.08 bits per heavy atom. The number of nitrogens with zero attached hydrogens (tertiary/aromatic N) is 2. The quantitative estimate of drug-likeness (QED) is 0.357. The van der Waals surface area contributed by atoms with Crippen LogP contribution < -0.4 is 0 Å². The van der Waals surface area contributed by atoms with Gasteiger partial charge in [0.1, 0.15) is 5.60 Å². The van der Waals surface area contributed by atoms with Gasteiger partial charge in [-0.3, -0.25) is 4.90 Å². The van der Waals surface area contributed by atoms with E-state index >= 15 is 0 Å². The number of fused-ring (bicyclic) bond motifs is 5. The lowest BCUT2D eigenvalue weighted by atomic mass is 9.82. The zero-order valence-electron chi connectivity index (χ0n) is 21.3. The van der Waals surface area contributed by atoms with Gasteiger partial charge in [0.05, 0.1) is 17.0 Å². The molecule has 0 aliphatic carbocycles. The molecule has 9 heteroatoms. The molecule has 2 bridgehead atoms. The molecule has 0 N–H and O–H groups in total. The second-order valence-electron chi connectivity index (χ2n) is 11.0. The molecule has 3 aliphatic rings. The first-order chi connectivity index (χ1) is 17.3. The minimum Gasteiger partial charge on any atom is -0.444 e. The van der Waals surface area contributed by atoms with Gasteiger partial charge in [-0.05, 0) is 113 Å². The predicted molar refractivity (Wildman–Crippen MR) is 151 cm³/mol. The number of sulfonamides is 1. The Bertz CT molecular complexity index is 1430. The normalized spacial score (nSPS) is 24.7. The Morgan fingerprint density at radius 3 is 2.32 bits per heavy atom. The highest BCUT2D eigenvalue weighted by atomic mass is 79.9. The van der Waals surface area contributed by atoms with E-state index in [0.717, 1.165) is 43.2 Å². The maximum absolute atomic E-state index is 13.3. The van der Waals surface area contributed by atoms with Crippen molar-refractivity contribution in [3.05, 3.63) is 85.8 Å². The molecule has 3 heterocycles. The lowest BCUT2D eigenvalue weighted by Gasteiger charge is -2.28. The Labute approximate surface area is 235 Å². The van der Waals surface area contributed by atoms with Crippen LogP contribution in [0.1, 0.15) is 56.0 Å². The van der Waals surface area contributed by atoms with Crippen LogP contribution in [0.5, 0.6) is 0 Å². The number of hydrogen-bond acceptors (Lipinski definition) is 4. The van der Waals surface area contributed by atoms with Crippen LogP contribution >= 0.6 is 31.9 Å². The van der Waals surface area contributed by atoms with Gasteiger partial charge in [0.25, 0.3) is 0 Å². The minimum atomic E-state index is -3.63. The van der Waals surface area contributed by atoms with Gasteiger partial charge in [0.2, 0.25) is 10.0 Å². The van der Waals surface area contributed by atoms with Gasteiger partial charge >= 0.3 is 6.09 Å². The molecule has 1 amide bonds. The summed E-state index contributed by atoms with van der Waals surface area (Å²) >= 11 is 7.22. The van der Waals surface area contributed by atoms with Gasteiger partial charge in [-0.15, -0.1) is 0 Å². The first-order valence-corrected chi connectivity index (χ1v) is 15.2. The monoisotopic (exact) mass is 648 g/mol. The van der Waals surface area contributed by atoms with E-state index in [2.05, 4.69) is 56.6 Å². The van der Waals surface area contributed by atoms with Gasteiger partial charge in [0.15, 0.2) is 0 Å². The van der Waals surface area contributed by atoms with Crippen LogP contribution in [0.4, 0.5) is 4.79 Å². The number of hydrogen-bond donors (Lipinski definition) is 0. The highest BCUT2D eigenvalue weighted by Crippen LogP contribution is 2.58. The fraction of sp³-hybridized carbons (Fsp3) is 0.393. The summed E-state index contributed by atoms with van der Waals surface area (Å²) in [5.41, 5.74) is 4.32. The highest BCUT2D eigenvalue weighted by Gasteiger charge is 2.53. The summed E-state index contributed by atoms with van der Waals surface area (Å²) < 4.78 is 35.7. The molecule has 37 heavy (non-hydrogen) atoms. The maximum Gasteiger partial charge on any atom is 0.411 e. The molecule has 196 valence electrons. The summed E-state index contributed by atoms with van der Waals surface area (Å²) in [5.74, 6) is 0.0203. The average molecular weight is 650 g/mol. The summed E-state index contributed by atoms with van der Waals surface area (Å²) in [6, 6.07) is 10.8. The van der Waals surface area contributed by atoms with E-state index in [-0.39, 0.29) is 42.1 Å². The van der Waals surface area contributed by atoms with E-state index in [1.54, 1.807) is 12.1 Å². The smallest absolute Gasteiger partial charge is 0.411 e. The van der Waals surface area contributed by atoms with Gasteiger partial charge < -0.3 is 4.74 Å². The number of ether oxygens (including phenoxy) is 1. The fourth-order valence-electron chi connectivity index (χ4n) is 5.53. The van der Waals surface area contributed by atoms with Crippen molar-refractivity contribution >= 4 is 48.0 Å². The van der Waals surface area contributed by atoms with Crippen LogP contribution in [0.3, 0.4) is 0 Å². The Hall–Kier alpha value is -1.94. The summed E-state index contributed by atoms with van der Waals surface area (Å²) in [7, 11) is -3.63. The molecule has 3 aliphatic heterocycles. The molecule has 2 aromatic carbocycles. The van der Waals surface area contributed by atoms with Crippen LogP contribution in [-0.4, -0.2) is 42.4 Å². The lowest BCUT2D eigenvalue weighted by Crippen LogP contribution is -2.35. The van der Waals surface area contributed by atoms with Gasteiger partial charge in [0, 0.05) is 28.0 Å². The van der Waals surface area contributed by atoms with Crippen LogP contribution in [-0.2, 0) is 14.8 Å². The van der Waals surface area contributed by atoms with E-state index in [4.69, 9.17) is 4.74 Å². The molecule has 2 aromatic rings. The first-order valence-electron chi connectivity index (χ1n) is 12.2. The Balaban J connectivity index is 1.46. The average Bonchev–Trinajstić information content (AvgIpc) is 3.44. The molecular formula is C28H30Br2N2O4S. The molecule has 0 radical (unpaired) electrons. The molecule has 6 nitrogen and oxygen atoms in total. The van der Waals surface area contributed by atoms with Crippen molar-refractivity contribution in [3.63, 3.8) is 0 Å². The topological polar surface area (TPSA) is 66.9 Å². The molecular weight excluding hydrogens is 620 g/mol. The van der Waals surface area contributed by atoms with Crippen LogP contribution in [0.2, 0.25) is 0 Å². The standard InChI is InChI=1S/C28H30Br2N2O4S/c1-16-6-8-20(9-7-16)37(34,35)31-14-17(2)19(15-31)10-18-11-25-21-12-23(29)24(30)13-22(21)26(18)32(25)27(33)36-28(3,4)5/h6-10,12-13,18,25-26H,2,11,14-15H2,1,3-5H3/b19-10-/t18-,25?,26?/m1/s1. The summed E-state index contributed by atoms with van der Waals surface area (Å²) in [5, 5.41) is 0. The Kier molecular flexibility index (Phi) is 6.74. The lowest BCUT2D eigenvalue weighted by molar-refractivity contribution is 0.0169. The first kappa shape index (κ1) is 26.7. The molecule has 0 spiro atoms. The number of rotatable bonds is 3. The number of carbonyl (C=O) groups excluding carboxylic acids is 1. The van der Waals surface area contributed by atoms with Crippen LogP contribution in [0.25, 0.3) is 0 Å². The van der Waals surface area contributed by atoms with E-state index in [9.17, 15) is 13.2 Å². The second kappa shape index (κ2) is 9.36. The van der Waals surface area contributed by atoms with Crippen molar-refractivity contribution in [1.29, 1.82) is 0 Å². The highest BCUT2D eigenvalue weighted by molar-refractivity contribution is 9.13. The predicted octanol–water partition coefficient (Wildman–Crippen LogP) is 7.06. The zero-order valence-corrected chi connectivity index (χ0v) is 25.3. The third-order valence-corrected chi connectivity index (χ3v) is 10.8. The number of halogens is 2. The summed E-state index contributed by atoms with van der Waals surface area (Å²) in [4.78, 5) is 15.5. The largest absolute Gasteiger partial charge is 0.444 e. The van der Waals surface area contributed by atoms with Crippen molar-refractivity contribution in [2.75, 3.05) is 13.1 Å². The van der Waals surface area contributed by atoms with E-state index in [0.29, 0.717) is 0 Å². The number of aryl methyl sites for hydroxylation is 1.